The number of aromatic nitrogens is 2. The molecular weight excluding hydrogens is 326 g/mol. The third-order valence-corrected chi connectivity index (χ3v) is 4.27. The lowest BCUT2D eigenvalue weighted by atomic mass is 10.1. The van der Waals surface area contributed by atoms with Gasteiger partial charge < -0.3 is 20.3 Å². The minimum atomic E-state index is -1.36. The molecule has 2 rings (SSSR count). The van der Waals surface area contributed by atoms with Gasteiger partial charge in [0, 0.05) is 0 Å². The Balaban J connectivity index is 2.48. The van der Waals surface area contributed by atoms with Crippen molar-refractivity contribution in [1.82, 2.24) is 9.97 Å². The third kappa shape index (κ3) is 3.37. The number of carbonyl (C=O) groups is 3. The number of carbonyl (C=O) groups excluding carboxylic acids is 1. The largest absolute Gasteiger partial charge is 0.481 e. The molecule has 0 amide bonds. The predicted molar refractivity (Wildman–Crippen MR) is 80.8 cm³/mol. The molecule has 10 heteroatoms. The van der Waals surface area contributed by atoms with Gasteiger partial charge in [0.2, 0.25) is 0 Å². The summed E-state index contributed by atoms with van der Waals surface area (Å²) in [5.74, 6) is -2.95. The molecule has 0 aliphatic rings. The molecule has 0 aliphatic carbocycles. The lowest BCUT2D eigenvalue weighted by Crippen LogP contribution is -2.32. The maximum absolute atomic E-state index is 11.7. The van der Waals surface area contributed by atoms with Crippen LogP contribution in [0, 0.1) is 6.92 Å². The Morgan fingerprint density at radius 1 is 1.35 bits per heavy atom. The summed E-state index contributed by atoms with van der Waals surface area (Å²) < 4.78 is 4.69. The Morgan fingerprint density at radius 2 is 2.04 bits per heavy atom. The second-order valence-electron chi connectivity index (χ2n) is 4.58. The van der Waals surface area contributed by atoms with E-state index in [4.69, 9.17) is 10.2 Å². The summed E-state index contributed by atoms with van der Waals surface area (Å²) in [5.41, 5.74) is 0.541. The van der Waals surface area contributed by atoms with Crippen LogP contribution in [-0.2, 0) is 14.3 Å². The average molecular weight is 339 g/mol. The molecule has 2 aromatic heterocycles. The van der Waals surface area contributed by atoms with Gasteiger partial charge in [-0.2, -0.15) is 0 Å². The van der Waals surface area contributed by atoms with Crippen LogP contribution in [-0.4, -0.2) is 51.2 Å². The van der Waals surface area contributed by atoms with Crippen LogP contribution in [0.15, 0.2) is 6.33 Å². The number of thiophene rings is 1. The Labute approximate surface area is 133 Å². The molecule has 0 fully saturated rings. The molecule has 0 aromatic carbocycles. The maximum atomic E-state index is 11.7. The molecule has 3 N–H and O–H groups in total. The van der Waals surface area contributed by atoms with Crippen molar-refractivity contribution in [2.75, 3.05) is 12.4 Å². The van der Waals surface area contributed by atoms with Crippen molar-refractivity contribution >= 4 is 45.3 Å². The van der Waals surface area contributed by atoms with Gasteiger partial charge in [0.1, 0.15) is 27.9 Å². The number of carboxylic acids is 2. The zero-order valence-corrected chi connectivity index (χ0v) is 13.0. The summed E-state index contributed by atoms with van der Waals surface area (Å²) in [6.45, 7) is 1.66. The van der Waals surface area contributed by atoms with Crippen molar-refractivity contribution in [3.63, 3.8) is 0 Å². The highest BCUT2D eigenvalue weighted by atomic mass is 32.1. The number of methoxy groups -OCH3 is 1. The number of aryl methyl sites for hydroxylation is 1. The molecule has 2 heterocycles. The van der Waals surface area contributed by atoms with E-state index in [2.05, 4.69) is 20.0 Å². The molecule has 23 heavy (non-hydrogen) atoms. The fraction of sp³-hybridized carbons (Fsp3) is 0.308. The minimum absolute atomic E-state index is 0.160. The molecule has 0 spiro atoms. The molecule has 0 radical (unpaired) electrons. The fourth-order valence-corrected chi connectivity index (χ4v) is 3.08. The SMILES string of the molecule is COC(=O)c1sc2ncnc(NC(CC(=O)O)C(=O)O)c2c1C. The Bertz CT molecular complexity index is 787. The van der Waals surface area contributed by atoms with Crippen LogP contribution in [0.4, 0.5) is 5.82 Å². The van der Waals surface area contributed by atoms with Crippen molar-refractivity contribution < 1.29 is 29.3 Å². The number of fused-ring (bicyclic) bond motifs is 1. The first-order valence-electron chi connectivity index (χ1n) is 6.38. The van der Waals surface area contributed by atoms with Crippen LogP contribution in [0.25, 0.3) is 10.2 Å². The van der Waals surface area contributed by atoms with Gasteiger partial charge in [-0.1, -0.05) is 0 Å². The molecule has 2 aromatic rings. The van der Waals surface area contributed by atoms with Gasteiger partial charge in [0.15, 0.2) is 0 Å². The van der Waals surface area contributed by atoms with E-state index in [-0.39, 0.29) is 5.82 Å². The smallest absolute Gasteiger partial charge is 0.348 e. The quantitative estimate of drug-likeness (QED) is 0.661. The summed E-state index contributed by atoms with van der Waals surface area (Å²) in [6.07, 6.45) is 0.592. The standard InChI is InChI=1S/C13H13N3O6S/c1-5-8-10(16-6(12(19)20)3-7(17)18)14-4-15-11(8)23-9(5)13(21)22-2/h4,6H,3H2,1-2H3,(H,17,18)(H,19,20)(H,14,15,16). The van der Waals surface area contributed by atoms with E-state index < -0.39 is 30.4 Å². The predicted octanol–water partition coefficient (Wildman–Crippen LogP) is 1.13. The van der Waals surface area contributed by atoms with Crippen molar-refractivity contribution in [3.8, 4) is 0 Å². The van der Waals surface area contributed by atoms with Gasteiger partial charge in [-0.3, -0.25) is 4.79 Å². The van der Waals surface area contributed by atoms with E-state index in [1.165, 1.54) is 13.4 Å². The van der Waals surface area contributed by atoms with Crippen molar-refractivity contribution in [1.29, 1.82) is 0 Å². The highest BCUT2D eigenvalue weighted by Crippen LogP contribution is 2.33. The van der Waals surface area contributed by atoms with Gasteiger partial charge in [-0.05, 0) is 12.5 Å². The van der Waals surface area contributed by atoms with Crippen LogP contribution in [0.2, 0.25) is 0 Å². The second kappa shape index (κ2) is 6.57. The Kier molecular flexibility index (Phi) is 4.74. The van der Waals surface area contributed by atoms with E-state index >= 15 is 0 Å². The number of esters is 1. The number of ether oxygens (including phenoxy) is 1. The maximum Gasteiger partial charge on any atom is 0.348 e. The van der Waals surface area contributed by atoms with Crippen LogP contribution in [0.1, 0.15) is 21.7 Å². The Hall–Kier alpha value is -2.75. The molecule has 0 saturated heterocycles. The summed E-state index contributed by atoms with van der Waals surface area (Å²) in [5, 5.41) is 21.0. The normalized spacial score (nSPS) is 11.9. The number of rotatable bonds is 6. The number of hydrogen-bond acceptors (Lipinski definition) is 8. The topological polar surface area (TPSA) is 139 Å². The number of nitrogens with zero attached hydrogens (tertiary/aromatic N) is 2. The fourth-order valence-electron chi connectivity index (χ4n) is 2.01. The van der Waals surface area contributed by atoms with Gasteiger partial charge in [-0.25, -0.2) is 19.6 Å². The molecule has 0 saturated carbocycles. The van der Waals surface area contributed by atoms with E-state index in [0.717, 1.165) is 11.3 Å². The molecule has 1 atom stereocenters. The van der Waals surface area contributed by atoms with Gasteiger partial charge in [0.05, 0.1) is 18.9 Å². The van der Waals surface area contributed by atoms with Gasteiger partial charge >= 0.3 is 17.9 Å². The zero-order valence-electron chi connectivity index (χ0n) is 12.2. The number of aliphatic carboxylic acids is 2. The summed E-state index contributed by atoms with van der Waals surface area (Å²) in [4.78, 5) is 42.5. The van der Waals surface area contributed by atoms with Gasteiger partial charge in [0.25, 0.3) is 0 Å². The molecule has 9 nitrogen and oxygen atoms in total. The average Bonchev–Trinajstić information content (AvgIpc) is 2.83. The van der Waals surface area contributed by atoms with Crippen LogP contribution >= 0.6 is 11.3 Å². The number of nitrogens with one attached hydrogen (secondary N) is 1. The van der Waals surface area contributed by atoms with Crippen LogP contribution < -0.4 is 5.32 Å². The summed E-state index contributed by atoms with van der Waals surface area (Å²) in [6, 6.07) is -1.36. The van der Waals surface area contributed by atoms with E-state index in [0.29, 0.717) is 20.7 Å². The monoisotopic (exact) mass is 339 g/mol. The first kappa shape index (κ1) is 16.6. The first-order valence-corrected chi connectivity index (χ1v) is 7.20. The van der Waals surface area contributed by atoms with E-state index in [1.54, 1.807) is 6.92 Å². The first-order chi connectivity index (χ1) is 10.8. The lowest BCUT2D eigenvalue weighted by Gasteiger charge is -2.13. The number of hydrogen-bond donors (Lipinski definition) is 3. The minimum Gasteiger partial charge on any atom is -0.481 e. The highest BCUT2D eigenvalue weighted by Gasteiger charge is 2.25. The second-order valence-corrected chi connectivity index (χ2v) is 5.58. The van der Waals surface area contributed by atoms with Crippen LogP contribution in [0.5, 0.6) is 0 Å². The van der Waals surface area contributed by atoms with E-state index in [1.807, 2.05) is 0 Å². The van der Waals surface area contributed by atoms with E-state index in [9.17, 15) is 14.4 Å². The van der Waals surface area contributed by atoms with Gasteiger partial charge in [-0.15, -0.1) is 11.3 Å². The highest BCUT2D eigenvalue weighted by molar-refractivity contribution is 7.20. The zero-order chi connectivity index (χ0) is 17.1. The summed E-state index contributed by atoms with van der Waals surface area (Å²) >= 11 is 1.09. The third-order valence-electron chi connectivity index (χ3n) is 3.09. The number of anilines is 1. The lowest BCUT2D eigenvalue weighted by molar-refractivity contribution is -0.144. The molecule has 0 aliphatic heterocycles. The van der Waals surface area contributed by atoms with Crippen LogP contribution in [0.3, 0.4) is 0 Å². The summed E-state index contributed by atoms with van der Waals surface area (Å²) in [7, 11) is 1.25. The van der Waals surface area contributed by atoms with Crippen molar-refractivity contribution in [2.24, 2.45) is 0 Å². The molecular formula is C13H13N3O6S. The Morgan fingerprint density at radius 3 is 2.61 bits per heavy atom. The molecule has 0 bridgehead atoms. The molecule has 1 unspecified atom stereocenters. The molecule has 122 valence electrons. The van der Waals surface area contributed by atoms with Crippen molar-refractivity contribution in [3.05, 3.63) is 16.8 Å². The van der Waals surface area contributed by atoms with Crippen molar-refractivity contribution in [2.45, 2.75) is 19.4 Å². The number of carboxylic acid groups (broad SMARTS) is 2.